The summed E-state index contributed by atoms with van der Waals surface area (Å²) in [6.45, 7) is 3.37. The van der Waals surface area contributed by atoms with E-state index < -0.39 is 21.6 Å². The third-order valence-corrected chi connectivity index (χ3v) is 4.28. The lowest BCUT2D eigenvalue weighted by Gasteiger charge is -2.28. The van der Waals surface area contributed by atoms with Crippen molar-refractivity contribution in [1.29, 1.82) is 0 Å². The molecular formula is C12H16Cl2N4O4S. The number of hydrazone groups is 1. The zero-order valence-electron chi connectivity index (χ0n) is 12.7. The van der Waals surface area contributed by atoms with Gasteiger partial charge in [-0.15, -0.1) is 23.4 Å². The molecule has 0 saturated heterocycles. The van der Waals surface area contributed by atoms with Crippen LogP contribution in [0.1, 0.15) is 13.8 Å². The molecule has 11 heteroatoms. The molecule has 0 saturated carbocycles. The number of amides is 1. The third-order valence-electron chi connectivity index (χ3n) is 2.85. The fourth-order valence-electron chi connectivity index (χ4n) is 1.53. The van der Waals surface area contributed by atoms with Crippen molar-refractivity contribution in [2.24, 2.45) is 5.10 Å². The first-order valence-electron chi connectivity index (χ1n) is 6.40. The van der Waals surface area contributed by atoms with Crippen LogP contribution in [0.3, 0.4) is 0 Å². The molecule has 1 aliphatic heterocycles. The number of nitrogens with zero attached hydrogens (tertiary/aromatic N) is 3. The van der Waals surface area contributed by atoms with Crippen LogP contribution in [0.4, 0.5) is 4.79 Å². The smallest absolute Gasteiger partial charge is 0.418 e. The van der Waals surface area contributed by atoms with Crippen LogP contribution >= 0.6 is 35.0 Å². The third kappa shape index (κ3) is 5.92. The number of hydrogen-bond donors (Lipinski definition) is 1. The predicted molar refractivity (Wildman–Crippen MR) is 91.1 cm³/mol. The van der Waals surface area contributed by atoms with Gasteiger partial charge in [0.05, 0.1) is 0 Å². The van der Waals surface area contributed by atoms with Crippen molar-refractivity contribution < 1.29 is 14.6 Å². The second-order valence-electron chi connectivity index (χ2n) is 4.60. The summed E-state index contributed by atoms with van der Waals surface area (Å²) in [6.07, 6.45) is 0.871. The van der Waals surface area contributed by atoms with Gasteiger partial charge in [-0.3, -0.25) is 0 Å². The monoisotopic (exact) mass is 382 g/mol. The molecule has 0 aromatic carbocycles. The molecule has 1 aliphatic rings. The SMILES string of the molecule is CC1=CSC=CC1(Cl)CNC(=N[N+](=O)[O-])N(C)C(=O)OC(C)Cl. The summed E-state index contributed by atoms with van der Waals surface area (Å²) in [5.74, 6) is -0.309. The number of ether oxygens (including phenoxy) is 1. The quantitative estimate of drug-likeness (QED) is 0.264. The summed E-state index contributed by atoms with van der Waals surface area (Å²) in [4.78, 5) is 22.4. The molecule has 0 aromatic rings. The number of nitro groups is 1. The number of guanidine groups is 1. The van der Waals surface area contributed by atoms with Crippen molar-refractivity contribution in [2.75, 3.05) is 13.6 Å². The van der Waals surface area contributed by atoms with Crippen molar-refractivity contribution in [1.82, 2.24) is 10.2 Å². The van der Waals surface area contributed by atoms with Crippen LogP contribution in [0.15, 0.2) is 27.6 Å². The number of carbonyl (C=O) groups excluding carboxylic acids is 1. The highest BCUT2D eigenvalue weighted by atomic mass is 35.5. The Kier molecular flexibility index (Phi) is 7.17. The Bertz CT molecular complexity index is 567. The molecule has 0 aliphatic carbocycles. The van der Waals surface area contributed by atoms with E-state index in [0.29, 0.717) is 0 Å². The van der Waals surface area contributed by atoms with Gasteiger partial charge < -0.3 is 10.1 Å². The molecule has 2 atom stereocenters. The summed E-state index contributed by atoms with van der Waals surface area (Å²) in [5.41, 5.74) is -0.0242. The Morgan fingerprint density at radius 1 is 1.70 bits per heavy atom. The standard InChI is InChI=1S/C12H16Cl2N4O4S/c1-8-6-23-5-4-12(8,14)7-15-10(16-18(20)21)17(3)11(19)22-9(2)13/h4-6,9H,7H2,1-3H3,(H,15,16). The normalized spacial score (nSPS) is 22.1. The van der Waals surface area contributed by atoms with E-state index >= 15 is 0 Å². The molecule has 23 heavy (non-hydrogen) atoms. The van der Waals surface area contributed by atoms with E-state index in [1.165, 1.54) is 25.7 Å². The van der Waals surface area contributed by atoms with Crippen LogP contribution in [0.25, 0.3) is 0 Å². The number of rotatable bonds is 4. The average Bonchev–Trinajstić information content (AvgIpc) is 2.45. The summed E-state index contributed by atoms with van der Waals surface area (Å²) in [7, 11) is 1.27. The number of halogens is 2. The fraction of sp³-hybridized carbons (Fsp3) is 0.500. The molecule has 0 bridgehead atoms. The lowest BCUT2D eigenvalue weighted by molar-refractivity contribution is -0.485. The van der Waals surface area contributed by atoms with Gasteiger partial charge in [-0.05, 0) is 30.2 Å². The first-order chi connectivity index (χ1) is 10.7. The molecule has 8 nitrogen and oxygen atoms in total. The van der Waals surface area contributed by atoms with Crippen LogP contribution in [-0.4, -0.2) is 46.0 Å². The molecule has 0 aromatic heterocycles. The van der Waals surface area contributed by atoms with E-state index in [2.05, 4.69) is 10.4 Å². The Morgan fingerprint density at radius 2 is 2.35 bits per heavy atom. The molecule has 0 spiro atoms. The van der Waals surface area contributed by atoms with Gasteiger partial charge >= 0.3 is 6.09 Å². The highest BCUT2D eigenvalue weighted by Gasteiger charge is 2.30. The van der Waals surface area contributed by atoms with Crippen LogP contribution < -0.4 is 5.32 Å². The molecule has 1 heterocycles. The summed E-state index contributed by atoms with van der Waals surface area (Å²) in [5, 5.41) is 19.3. The molecule has 128 valence electrons. The van der Waals surface area contributed by atoms with Crippen LogP contribution in [-0.2, 0) is 4.74 Å². The van der Waals surface area contributed by atoms with Gasteiger partial charge in [0, 0.05) is 13.6 Å². The van der Waals surface area contributed by atoms with Gasteiger partial charge in [0.2, 0.25) is 0 Å². The number of nitrogens with one attached hydrogen (secondary N) is 1. The van der Waals surface area contributed by atoms with Crippen LogP contribution in [0.2, 0.25) is 0 Å². The van der Waals surface area contributed by atoms with E-state index in [1.807, 2.05) is 12.3 Å². The van der Waals surface area contributed by atoms with Crippen molar-refractivity contribution >= 4 is 47.0 Å². The Balaban J connectivity index is 2.86. The maximum atomic E-state index is 11.8. The van der Waals surface area contributed by atoms with Gasteiger partial charge in [-0.2, -0.15) is 0 Å². The molecule has 1 N–H and O–H groups in total. The fourth-order valence-corrected chi connectivity index (χ4v) is 2.73. The second-order valence-corrected chi connectivity index (χ2v) is 6.67. The number of thioether (sulfide) groups is 1. The van der Waals surface area contributed by atoms with Gasteiger partial charge in [-0.1, -0.05) is 17.7 Å². The summed E-state index contributed by atoms with van der Waals surface area (Å²) in [6, 6.07) is 0. The maximum Gasteiger partial charge on any atom is 0.418 e. The Hall–Kier alpha value is -1.45. The van der Waals surface area contributed by atoms with Crippen molar-refractivity contribution in [3.05, 3.63) is 32.6 Å². The van der Waals surface area contributed by atoms with E-state index in [9.17, 15) is 14.9 Å². The topological polar surface area (TPSA) is 97.1 Å². The lowest BCUT2D eigenvalue weighted by atomic mass is 10.0. The largest absolute Gasteiger partial charge is 0.430 e. The molecule has 1 amide bonds. The second kappa shape index (κ2) is 8.42. The number of alkyl halides is 2. The number of carbonyl (C=O) groups is 1. The minimum absolute atomic E-state index is 0.0919. The first-order valence-corrected chi connectivity index (χ1v) is 8.16. The maximum absolute atomic E-state index is 11.8. The van der Waals surface area contributed by atoms with E-state index in [1.54, 1.807) is 11.5 Å². The highest BCUT2D eigenvalue weighted by molar-refractivity contribution is 8.05. The minimum atomic E-state index is -0.924. The summed E-state index contributed by atoms with van der Waals surface area (Å²) >= 11 is 13.5. The van der Waals surface area contributed by atoms with Gasteiger partial charge in [0.1, 0.15) is 9.98 Å². The first kappa shape index (κ1) is 19.6. The van der Waals surface area contributed by atoms with Gasteiger partial charge in [-0.25, -0.2) is 19.8 Å². The van der Waals surface area contributed by atoms with Crippen LogP contribution in [0.5, 0.6) is 0 Å². The van der Waals surface area contributed by atoms with E-state index in [0.717, 1.165) is 10.5 Å². The van der Waals surface area contributed by atoms with Crippen molar-refractivity contribution in [3.63, 3.8) is 0 Å². The van der Waals surface area contributed by atoms with Gasteiger partial charge in [0.25, 0.3) is 5.96 Å². The zero-order valence-corrected chi connectivity index (χ0v) is 15.0. The molecular weight excluding hydrogens is 367 g/mol. The van der Waals surface area contributed by atoms with Gasteiger partial charge in [0.15, 0.2) is 10.6 Å². The molecule has 0 fully saturated rings. The highest BCUT2D eigenvalue weighted by Crippen LogP contribution is 2.33. The lowest BCUT2D eigenvalue weighted by Crippen LogP contribution is -2.48. The van der Waals surface area contributed by atoms with Crippen LogP contribution in [0, 0.1) is 10.1 Å². The number of hydrogen-bond acceptors (Lipinski definition) is 5. The predicted octanol–water partition coefficient (Wildman–Crippen LogP) is 2.92. The average molecular weight is 383 g/mol. The molecule has 2 unspecified atom stereocenters. The molecule has 0 radical (unpaired) electrons. The minimum Gasteiger partial charge on any atom is -0.430 e. The molecule has 1 rings (SSSR count). The van der Waals surface area contributed by atoms with E-state index in [4.69, 9.17) is 27.9 Å². The van der Waals surface area contributed by atoms with Crippen molar-refractivity contribution in [2.45, 2.75) is 24.3 Å². The zero-order chi connectivity index (χ0) is 17.6. The Morgan fingerprint density at radius 3 is 2.87 bits per heavy atom. The summed E-state index contributed by atoms with van der Waals surface area (Å²) < 4.78 is 4.76. The van der Waals surface area contributed by atoms with E-state index in [-0.39, 0.29) is 12.5 Å². The van der Waals surface area contributed by atoms with Crippen molar-refractivity contribution in [3.8, 4) is 0 Å². The Labute approximate surface area is 147 Å².